The van der Waals surface area contributed by atoms with E-state index in [0.717, 1.165) is 18.4 Å². The molecule has 0 bridgehead atoms. The van der Waals surface area contributed by atoms with E-state index in [9.17, 15) is 20.0 Å². The number of hydrogen-bond acceptors (Lipinski definition) is 4. The molecular formula is C13H16N2O4. The first-order chi connectivity index (χ1) is 8.99. The normalized spacial score (nSPS) is 14.2. The minimum Gasteiger partial charge on any atom is -0.507 e. The number of nitro groups is 1. The number of amides is 1. The third-order valence-electron chi connectivity index (χ3n) is 3.34. The molecule has 1 amide bonds. The Bertz CT molecular complexity index is 511. The fraction of sp³-hybridized carbons (Fsp3) is 0.462. The largest absolute Gasteiger partial charge is 0.507 e. The summed E-state index contributed by atoms with van der Waals surface area (Å²) in [4.78, 5) is 23.6. The highest BCUT2D eigenvalue weighted by Gasteiger charge is 2.23. The Balaban J connectivity index is 2.06. The monoisotopic (exact) mass is 264 g/mol. The van der Waals surface area contributed by atoms with Crippen molar-refractivity contribution in [2.75, 3.05) is 13.6 Å². The number of aromatic hydroxyl groups is 1. The lowest BCUT2D eigenvalue weighted by Gasteiger charge is -2.17. The van der Waals surface area contributed by atoms with E-state index in [2.05, 4.69) is 0 Å². The van der Waals surface area contributed by atoms with Crippen molar-refractivity contribution < 1.29 is 14.8 Å². The van der Waals surface area contributed by atoms with Crippen LogP contribution in [0.4, 0.5) is 5.69 Å². The number of hydrogen-bond donors (Lipinski definition) is 1. The maximum atomic E-state index is 12.1. The van der Waals surface area contributed by atoms with E-state index in [4.69, 9.17) is 0 Å². The van der Waals surface area contributed by atoms with E-state index in [0.29, 0.717) is 6.54 Å². The Labute approximate surface area is 110 Å². The zero-order valence-electron chi connectivity index (χ0n) is 10.7. The van der Waals surface area contributed by atoms with Crippen LogP contribution in [-0.2, 0) is 0 Å². The fourth-order valence-corrected chi connectivity index (χ4v) is 1.90. The number of carbonyl (C=O) groups excluding carboxylic acids is 1. The SMILES string of the molecule is CN(CCC1CC1)C(=O)c1ccc([N+](=O)[O-])cc1O. The minimum atomic E-state index is -0.606. The number of carbonyl (C=O) groups is 1. The topological polar surface area (TPSA) is 83.7 Å². The Hall–Kier alpha value is -2.11. The van der Waals surface area contributed by atoms with Crippen molar-refractivity contribution in [1.29, 1.82) is 0 Å². The van der Waals surface area contributed by atoms with Crippen LogP contribution in [0.5, 0.6) is 5.75 Å². The average molecular weight is 264 g/mol. The molecule has 0 aliphatic heterocycles. The van der Waals surface area contributed by atoms with Crippen molar-refractivity contribution in [3.05, 3.63) is 33.9 Å². The first kappa shape index (κ1) is 13.3. The van der Waals surface area contributed by atoms with E-state index < -0.39 is 4.92 Å². The lowest BCUT2D eigenvalue weighted by Crippen LogP contribution is -2.28. The van der Waals surface area contributed by atoms with Crippen LogP contribution in [0.2, 0.25) is 0 Å². The van der Waals surface area contributed by atoms with Gasteiger partial charge in [-0.2, -0.15) is 0 Å². The van der Waals surface area contributed by atoms with Gasteiger partial charge in [0.1, 0.15) is 5.75 Å². The molecule has 0 spiro atoms. The van der Waals surface area contributed by atoms with Gasteiger partial charge in [-0.25, -0.2) is 0 Å². The van der Waals surface area contributed by atoms with E-state index in [-0.39, 0.29) is 22.9 Å². The number of phenols is 1. The third kappa shape index (κ3) is 3.21. The number of nitrogens with zero attached hydrogens (tertiary/aromatic N) is 2. The van der Waals surface area contributed by atoms with Gasteiger partial charge in [0.05, 0.1) is 16.6 Å². The maximum absolute atomic E-state index is 12.1. The minimum absolute atomic E-state index is 0.101. The van der Waals surface area contributed by atoms with Gasteiger partial charge in [-0.1, -0.05) is 12.8 Å². The molecule has 6 nitrogen and oxygen atoms in total. The number of nitro benzene ring substituents is 1. The summed E-state index contributed by atoms with van der Waals surface area (Å²) < 4.78 is 0. The standard InChI is InChI=1S/C13H16N2O4/c1-14(7-6-9-2-3-9)13(17)11-5-4-10(15(18)19)8-12(11)16/h4-5,8-9,16H,2-3,6-7H2,1H3. The highest BCUT2D eigenvalue weighted by atomic mass is 16.6. The quantitative estimate of drug-likeness (QED) is 0.652. The maximum Gasteiger partial charge on any atom is 0.273 e. The Kier molecular flexibility index (Phi) is 3.69. The first-order valence-corrected chi connectivity index (χ1v) is 6.22. The summed E-state index contributed by atoms with van der Waals surface area (Å²) in [6, 6.07) is 3.52. The van der Waals surface area contributed by atoms with Gasteiger partial charge in [0.15, 0.2) is 0 Å². The van der Waals surface area contributed by atoms with E-state index in [1.54, 1.807) is 11.9 Å². The number of non-ortho nitro benzene ring substituents is 1. The molecule has 0 heterocycles. The van der Waals surface area contributed by atoms with E-state index in [1.807, 2.05) is 0 Å². The number of phenolic OH excluding ortho intramolecular Hbond substituents is 1. The van der Waals surface area contributed by atoms with Crippen LogP contribution in [0.1, 0.15) is 29.6 Å². The molecule has 19 heavy (non-hydrogen) atoms. The fourth-order valence-electron chi connectivity index (χ4n) is 1.90. The van der Waals surface area contributed by atoms with Crippen LogP contribution in [0.15, 0.2) is 18.2 Å². The molecular weight excluding hydrogens is 248 g/mol. The van der Waals surface area contributed by atoms with Gasteiger partial charge >= 0.3 is 0 Å². The molecule has 1 saturated carbocycles. The van der Waals surface area contributed by atoms with Crippen molar-refractivity contribution in [2.24, 2.45) is 5.92 Å². The van der Waals surface area contributed by atoms with Crippen LogP contribution in [0.3, 0.4) is 0 Å². The summed E-state index contributed by atoms with van der Waals surface area (Å²) >= 11 is 0. The van der Waals surface area contributed by atoms with Crippen LogP contribution >= 0.6 is 0 Å². The second-order valence-electron chi connectivity index (χ2n) is 4.92. The Morgan fingerprint density at radius 2 is 2.21 bits per heavy atom. The Morgan fingerprint density at radius 3 is 2.74 bits per heavy atom. The van der Waals surface area contributed by atoms with Gasteiger partial charge in [-0.3, -0.25) is 14.9 Å². The van der Waals surface area contributed by atoms with E-state index in [1.165, 1.54) is 25.0 Å². The molecule has 0 radical (unpaired) electrons. The number of rotatable bonds is 5. The van der Waals surface area contributed by atoms with Crippen molar-refractivity contribution in [2.45, 2.75) is 19.3 Å². The molecule has 0 saturated heterocycles. The predicted octanol–water partition coefficient (Wildman–Crippen LogP) is 2.17. The van der Waals surface area contributed by atoms with Gasteiger partial charge in [-0.15, -0.1) is 0 Å². The van der Waals surface area contributed by atoms with Gasteiger partial charge in [-0.05, 0) is 18.4 Å². The van der Waals surface area contributed by atoms with Crippen molar-refractivity contribution in [1.82, 2.24) is 4.90 Å². The molecule has 1 N–H and O–H groups in total. The van der Waals surface area contributed by atoms with Crippen LogP contribution < -0.4 is 0 Å². The van der Waals surface area contributed by atoms with Crippen molar-refractivity contribution in [3.63, 3.8) is 0 Å². The first-order valence-electron chi connectivity index (χ1n) is 6.22. The zero-order valence-corrected chi connectivity index (χ0v) is 10.7. The summed E-state index contributed by atoms with van der Waals surface area (Å²) in [5, 5.41) is 20.2. The lowest BCUT2D eigenvalue weighted by atomic mass is 10.1. The van der Waals surface area contributed by atoms with Crippen LogP contribution in [0.25, 0.3) is 0 Å². The van der Waals surface area contributed by atoms with Crippen LogP contribution in [-0.4, -0.2) is 34.4 Å². The average Bonchev–Trinajstić information content (AvgIpc) is 3.18. The summed E-state index contributed by atoms with van der Waals surface area (Å²) in [5.41, 5.74) is -0.126. The number of benzene rings is 1. The molecule has 0 unspecified atom stereocenters. The third-order valence-corrected chi connectivity index (χ3v) is 3.34. The zero-order chi connectivity index (χ0) is 14.0. The molecule has 0 aromatic heterocycles. The molecule has 0 atom stereocenters. The van der Waals surface area contributed by atoms with Gasteiger partial charge in [0, 0.05) is 19.7 Å². The van der Waals surface area contributed by atoms with Gasteiger partial charge in [0.2, 0.25) is 0 Å². The molecule has 1 aliphatic rings. The van der Waals surface area contributed by atoms with Gasteiger partial charge < -0.3 is 10.0 Å². The summed E-state index contributed by atoms with van der Waals surface area (Å²) in [7, 11) is 1.67. The van der Waals surface area contributed by atoms with E-state index >= 15 is 0 Å². The van der Waals surface area contributed by atoms with Crippen LogP contribution in [0, 0.1) is 16.0 Å². The highest BCUT2D eigenvalue weighted by Crippen LogP contribution is 2.32. The Morgan fingerprint density at radius 1 is 1.53 bits per heavy atom. The lowest BCUT2D eigenvalue weighted by molar-refractivity contribution is -0.384. The van der Waals surface area contributed by atoms with Crippen molar-refractivity contribution in [3.8, 4) is 5.75 Å². The summed E-state index contributed by atoms with van der Waals surface area (Å²) in [6.45, 7) is 0.639. The van der Waals surface area contributed by atoms with Gasteiger partial charge in [0.25, 0.3) is 11.6 Å². The highest BCUT2D eigenvalue weighted by molar-refractivity contribution is 5.97. The summed E-state index contributed by atoms with van der Waals surface area (Å²) in [5.74, 6) is 0.0613. The molecule has 102 valence electrons. The summed E-state index contributed by atoms with van der Waals surface area (Å²) in [6.07, 6.45) is 3.42. The second kappa shape index (κ2) is 5.26. The smallest absolute Gasteiger partial charge is 0.273 e. The second-order valence-corrected chi connectivity index (χ2v) is 4.92. The van der Waals surface area contributed by atoms with Crippen molar-refractivity contribution >= 4 is 11.6 Å². The molecule has 1 fully saturated rings. The molecule has 2 rings (SSSR count). The molecule has 1 aliphatic carbocycles. The predicted molar refractivity (Wildman–Crippen MR) is 69.1 cm³/mol. The molecule has 1 aromatic rings. The molecule has 1 aromatic carbocycles. The molecule has 6 heteroatoms.